The molecule has 1 aromatic carbocycles. The molecule has 35 heavy (non-hydrogen) atoms. The molecule has 1 aliphatic heterocycles. The standard InChI is InChI=1S/C26H29N7O2/c1-4-12-32-24(34)21-16-28-25(30-19-9-8-18-15-27-11-10-17(18)13-19)31-23(21)33(32)22-7-5-6-20(29-22)14-26(2,3)35/h4-9,13,16,27,35H,1,10-12,14-15H2,2-3H3,(H,28,30,31). The lowest BCUT2D eigenvalue weighted by Gasteiger charge is -2.18. The van der Waals surface area contributed by atoms with Gasteiger partial charge in [-0.15, -0.1) is 6.58 Å². The largest absolute Gasteiger partial charge is 0.390 e. The molecule has 3 aromatic heterocycles. The molecule has 1 aliphatic rings. The van der Waals surface area contributed by atoms with Gasteiger partial charge in [0, 0.05) is 30.5 Å². The number of nitrogens with zero attached hydrogens (tertiary/aromatic N) is 5. The van der Waals surface area contributed by atoms with Crippen LogP contribution in [0, 0.1) is 0 Å². The van der Waals surface area contributed by atoms with Gasteiger partial charge in [-0.3, -0.25) is 4.79 Å². The topological polar surface area (TPSA) is 110 Å². The fourth-order valence-electron chi connectivity index (χ4n) is 4.42. The summed E-state index contributed by atoms with van der Waals surface area (Å²) in [6.07, 6.45) is 4.56. The van der Waals surface area contributed by atoms with Crippen LogP contribution in [0.3, 0.4) is 0 Å². The van der Waals surface area contributed by atoms with Crippen LogP contribution in [0.4, 0.5) is 11.6 Å². The van der Waals surface area contributed by atoms with Crippen molar-refractivity contribution in [2.45, 2.75) is 45.4 Å². The van der Waals surface area contributed by atoms with Crippen molar-refractivity contribution in [1.29, 1.82) is 0 Å². The van der Waals surface area contributed by atoms with Crippen molar-refractivity contribution in [3.8, 4) is 5.82 Å². The van der Waals surface area contributed by atoms with E-state index in [1.807, 2.05) is 24.3 Å². The van der Waals surface area contributed by atoms with Gasteiger partial charge in [-0.2, -0.15) is 4.98 Å². The predicted molar refractivity (Wildman–Crippen MR) is 136 cm³/mol. The number of rotatable bonds is 7. The molecule has 0 fully saturated rings. The highest BCUT2D eigenvalue weighted by molar-refractivity contribution is 5.77. The summed E-state index contributed by atoms with van der Waals surface area (Å²) in [4.78, 5) is 27.0. The Morgan fingerprint density at radius 1 is 1.23 bits per heavy atom. The van der Waals surface area contributed by atoms with Gasteiger partial charge in [0.15, 0.2) is 11.5 Å². The van der Waals surface area contributed by atoms with Crippen LogP contribution in [0.2, 0.25) is 0 Å². The minimum Gasteiger partial charge on any atom is -0.390 e. The quantitative estimate of drug-likeness (QED) is 0.356. The van der Waals surface area contributed by atoms with Crippen molar-refractivity contribution < 1.29 is 5.11 Å². The van der Waals surface area contributed by atoms with Crippen molar-refractivity contribution in [1.82, 2.24) is 29.6 Å². The van der Waals surface area contributed by atoms with Gasteiger partial charge in [0.25, 0.3) is 5.56 Å². The Morgan fingerprint density at radius 2 is 2.09 bits per heavy atom. The molecular weight excluding hydrogens is 442 g/mol. The lowest BCUT2D eigenvalue weighted by molar-refractivity contribution is 0.0799. The van der Waals surface area contributed by atoms with Gasteiger partial charge < -0.3 is 15.7 Å². The molecule has 3 N–H and O–H groups in total. The van der Waals surface area contributed by atoms with E-state index in [9.17, 15) is 9.90 Å². The third-order valence-corrected chi connectivity index (χ3v) is 5.95. The number of aliphatic hydroxyl groups is 1. The minimum atomic E-state index is -0.907. The molecule has 0 radical (unpaired) electrons. The molecule has 0 aliphatic carbocycles. The van der Waals surface area contributed by atoms with Gasteiger partial charge in [-0.1, -0.05) is 18.2 Å². The Kier molecular flexibility index (Phi) is 5.96. The van der Waals surface area contributed by atoms with E-state index in [0.717, 1.165) is 25.2 Å². The van der Waals surface area contributed by atoms with E-state index in [1.165, 1.54) is 15.8 Å². The Hall–Kier alpha value is -3.82. The van der Waals surface area contributed by atoms with Crippen LogP contribution in [0.25, 0.3) is 16.9 Å². The van der Waals surface area contributed by atoms with Crippen molar-refractivity contribution in [3.05, 3.63) is 82.4 Å². The maximum Gasteiger partial charge on any atom is 0.278 e. The van der Waals surface area contributed by atoms with Crippen LogP contribution in [0.1, 0.15) is 30.7 Å². The number of fused-ring (bicyclic) bond motifs is 2. The van der Waals surface area contributed by atoms with Crippen LogP contribution in [0.5, 0.6) is 0 Å². The van der Waals surface area contributed by atoms with Crippen molar-refractivity contribution >= 4 is 22.7 Å². The predicted octanol–water partition coefficient (Wildman–Crippen LogP) is 2.87. The molecule has 4 heterocycles. The van der Waals surface area contributed by atoms with Gasteiger partial charge in [0.05, 0.1) is 12.1 Å². The third-order valence-electron chi connectivity index (χ3n) is 5.95. The van der Waals surface area contributed by atoms with Crippen LogP contribution in [-0.2, 0) is 25.9 Å². The molecule has 0 saturated heterocycles. The van der Waals surface area contributed by atoms with E-state index in [-0.39, 0.29) is 12.1 Å². The second-order valence-electron chi connectivity index (χ2n) is 9.43. The van der Waals surface area contributed by atoms with E-state index < -0.39 is 5.60 Å². The molecular formula is C26H29N7O2. The molecule has 5 rings (SSSR count). The highest BCUT2D eigenvalue weighted by Crippen LogP contribution is 2.23. The first-order chi connectivity index (χ1) is 16.8. The third kappa shape index (κ3) is 4.73. The maximum atomic E-state index is 13.2. The molecule has 0 saturated carbocycles. The summed E-state index contributed by atoms with van der Waals surface area (Å²) >= 11 is 0. The zero-order valence-corrected chi connectivity index (χ0v) is 20.0. The number of aromatic nitrogens is 5. The number of nitrogens with one attached hydrogen (secondary N) is 2. The number of pyridine rings is 1. The first kappa shape index (κ1) is 22.9. The Balaban J connectivity index is 1.59. The molecule has 180 valence electrons. The van der Waals surface area contributed by atoms with Gasteiger partial charge >= 0.3 is 0 Å². The van der Waals surface area contributed by atoms with Gasteiger partial charge in [-0.25, -0.2) is 19.3 Å². The fourth-order valence-corrected chi connectivity index (χ4v) is 4.42. The molecule has 0 spiro atoms. The summed E-state index contributed by atoms with van der Waals surface area (Å²) in [5.74, 6) is 0.926. The fraction of sp³-hybridized carbons (Fsp3) is 0.308. The zero-order chi connectivity index (χ0) is 24.6. The molecule has 4 aromatic rings. The normalized spacial score (nSPS) is 13.6. The van der Waals surface area contributed by atoms with Crippen LogP contribution >= 0.6 is 0 Å². The first-order valence-electron chi connectivity index (χ1n) is 11.7. The second-order valence-corrected chi connectivity index (χ2v) is 9.43. The van der Waals surface area contributed by atoms with Gasteiger partial charge in [0.1, 0.15) is 5.39 Å². The van der Waals surface area contributed by atoms with Crippen LogP contribution < -0.4 is 16.2 Å². The summed E-state index contributed by atoms with van der Waals surface area (Å²) in [6, 6.07) is 11.8. The highest BCUT2D eigenvalue weighted by atomic mass is 16.3. The number of allylic oxidation sites excluding steroid dienone is 1. The summed E-state index contributed by atoms with van der Waals surface area (Å²) in [6.45, 7) is 9.40. The summed E-state index contributed by atoms with van der Waals surface area (Å²) < 4.78 is 3.23. The lowest BCUT2D eigenvalue weighted by atomic mass is 10.0. The Morgan fingerprint density at radius 3 is 2.89 bits per heavy atom. The highest BCUT2D eigenvalue weighted by Gasteiger charge is 2.20. The van der Waals surface area contributed by atoms with Crippen molar-refractivity contribution in [3.63, 3.8) is 0 Å². The SMILES string of the molecule is C=CCn1c(=O)c2cnc(Nc3ccc4c(c3)CCNC4)nc2n1-c1cccc(CC(C)(C)O)n1. The lowest BCUT2D eigenvalue weighted by Crippen LogP contribution is -2.24. The molecule has 9 heteroatoms. The monoisotopic (exact) mass is 471 g/mol. The second kappa shape index (κ2) is 9.09. The number of hydrogen-bond donors (Lipinski definition) is 3. The average Bonchev–Trinajstić information content (AvgIpc) is 3.09. The van der Waals surface area contributed by atoms with Gasteiger partial charge in [0.2, 0.25) is 5.95 Å². The van der Waals surface area contributed by atoms with E-state index in [1.54, 1.807) is 30.8 Å². The molecule has 0 atom stereocenters. The molecule has 0 bridgehead atoms. The maximum absolute atomic E-state index is 13.2. The van der Waals surface area contributed by atoms with E-state index in [4.69, 9.17) is 9.97 Å². The van der Waals surface area contributed by atoms with Crippen LogP contribution in [-0.4, -0.2) is 41.6 Å². The number of benzene rings is 1. The number of hydrogen-bond acceptors (Lipinski definition) is 7. The van der Waals surface area contributed by atoms with Crippen LogP contribution in [0.15, 0.2) is 60.0 Å². The van der Waals surface area contributed by atoms with Crippen molar-refractivity contribution in [2.24, 2.45) is 0 Å². The first-order valence-corrected chi connectivity index (χ1v) is 11.7. The van der Waals surface area contributed by atoms with Gasteiger partial charge in [-0.05, 0) is 62.2 Å². The smallest absolute Gasteiger partial charge is 0.278 e. The van der Waals surface area contributed by atoms with E-state index >= 15 is 0 Å². The van der Waals surface area contributed by atoms with E-state index in [0.29, 0.717) is 34.9 Å². The zero-order valence-electron chi connectivity index (χ0n) is 20.0. The minimum absolute atomic E-state index is 0.220. The summed E-state index contributed by atoms with van der Waals surface area (Å²) in [5, 5.41) is 17.3. The summed E-state index contributed by atoms with van der Waals surface area (Å²) in [7, 11) is 0. The molecule has 9 nitrogen and oxygen atoms in total. The Labute approximate surface area is 203 Å². The van der Waals surface area contributed by atoms with E-state index in [2.05, 4.69) is 34.3 Å². The average molecular weight is 472 g/mol. The molecule has 0 amide bonds. The Bertz CT molecular complexity index is 1460. The number of anilines is 2. The summed E-state index contributed by atoms with van der Waals surface area (Å²) in [5.41, 5.74) is 3.53. The molecule has 0 unspecified atom stereocenters. The van der Waals surface area contributed by atoms with Crippen molar-refractivity contribution in [2.75, 3.05) is 11.9 Å².